The van der Waals surface area contributed by atoms with Crippen LogP contribution < -0.4 is 15.4 Å². The number of benzene rings is 3. The highest BCUT2D eigenvalue weighted by Crippen LogP contribution is 2.32. The normalized spacial score (nSPS) is 11.5. The fourth-order valence-electron chi connectivity index (χ4n) is 4.66. The summed E-state index contributed by atoms with van der Waals surface area (Å²) in [6.07, 6.45) is 1.32. The number of carbonyl (C=O) groups excluding carboxylic acids is 1. The average Bonchev–Trinajstić information content (AvgIpc) is 3.38. The Morgan fingerprint density at radius 2 is 1.79 bits per heavy atom. The summed E-state index contributed by atoms with van der Waals surface area (Å²) < 4.78 is 7.07. The molecule has 1 unspecified atom stereocenters. The first-order chi connectivity index (χ1) is 20.3. The van der Waals surface area contributed by atoms with Crippen LogP contribution in [0.5, 0.6) is 5.75 Å². The van der Waals surface area contributed by atoms with Gasteiger partial charge in [-0.05, 0) is 47.5 Å². The van der Waals surface area contributed by atoms with Crippen LogP contribution in [0.4, 0.5) is 11.5 Å². The maximum Gasteiger partial charge on any atom is 0.305 e. The Morgan fingerprint density at radius 1 is 1.02 bits per heavy atom. The molecule has 1 atom stereocenters. The second-order valence-electron chi connectivity index (χ2n) is 9.47. The number of fused-ring (bicyclic) bond motifs is 1. The Morgan fingerprint density at radius 3 is 2.48 bits per heavy atom. The van der Waals surface area contributed by atoms with E-state index < -0.39 is 29.3 Å². The minimum atomic E-state index is -1.17. The summed E-state index contributed by atoms with van der Waals surface area (Å²) in [5, 5.41) is 27.0. The minimum absolute atomic E-state index is 0.203. The van der Waals surface area contributed by atoms with Gasteiger partial charge in [-0.1, -0.05) is 42.5 Å². The highest BCUT2D eigenvalue weighted by atomic mass is 16.6. The first-order valence-corrected chi connectivity index (χ1v) is 13.0. The third-order valence-corrected chi connectivity index (χ3v) is 6.73. The molecule has 5 rings (SSSR count). The van der Waals surface area contributed by atoms with E-state index in [2.05, 4.69) is 10.6 Å². The van der Waals surface area contributed by atoms with E-state index in [1.54, 1.807) is 35.9 Å². The number of imidazole rings is 1. The summed E-state index contributed by atoms with van der Waals surface area (Å²) >= 11 is 0. The van der Waals surface area contributed by atoms with Crippen LogP contribution in [0.2, 0.25) is 0 Å². The molecule has 0 aliphatic rings. The van der Waals surface area contributed by atoms with E-state index in [4.69, 9.17) is 9.72 Å². The lowest BCUT2D eigenvalue weighted by Gasteiger charge is -2.18. The molecule has 0 bridgehead atoms. The van der Waals surface area contributed by atoms with Gasteiger partial charge in [0.25, 0.3) is 11.6 Å². The number of pyridine rings is 1. The third-order valence-electron chi connectivity index (χ3n) is 6.73. The van der Waals surface area contributed by atoms with Gasteiger partial charge in [-0.3, -0.25) is 24.1 Å². The maximum absolute atomic E-state index is 13.6. The fraction of sp³-hybridized carbons (Fsp3) is 0.129. The zero-order chi connectivity index (χ0) is 29.6. The van der Waals surface area contributed by atoms with E-state index in [1.165, 1.54) is 18.2 Å². The number of nitrogens with one attached hydrogen (secondary N) is 2. The van der Waals surface area contributed by atoms with Crippen molar-refractivity contribution >= 4 is 29.0 Å². The Bertz CT molecular complexity index is 1750. The summed E-state index contributed by atoms with van der Waals surface area (Å²) in [5.74, 6) is -0.388. The molecule has 2 heterocycles. The molecule has 0 aliphatic carbocycles. The average molecular weight is 566 g/mol. The highest BCUT2D eigenvalue weighted by molar-refractivity contribution is 6.01. The molecule has 0 radical (unpaired) electrons. The summed E-state index contributed by atoms with van der Waals surface area (Å²) in [7, 11) is 1.59. The molecule has 0 saturated heterocycles. The van der Waals surface area contributed by atoms with Crippen molar-refractivity contribution in [2.45, 2.75) is 19.0 Å². The number of hydrogen-bond donors (Lipinski definition) is 3. The van der Waals surface area contributed by atoms with Crippen molar-refractivity contribution in [3.05, 3.63) is 124 Å². The molecule has 3 N–H and O–H groups in total. The number of nitro benzene ring substituents is 1. The largest absolute Gasteiger partial charge is 0.497 e. The SMILES string of the molecule is COc1ccc(-c2nc3c(C(=O)NC(CC(=O)O)c4cccc([N+](=O)[O-])c4)cccn3c2NCc2ccccc2)cc1. The van der Waals surface area contributed by atoms with Gasteiger partial charge in [-0.25, -0.2) is 4.98 Å². The molecule has 42 heavy (non-hydrogen) atoms. The van der Waals surface area contributed by atoms with Crippen LogP contribution in [0.25, 0.3) is 16.9 Å². The number of nitro groups is 1. The van der Waals surface area contributed by atoms with E-state index in [1.807, 2.05) is 54.6 Å². The number of aliphatic carboxylic acids is 1. The smallest absolute Gasteiger partial charge is 0.305 e. The van der Waals surface area contributed by atoms with Gasteiger partial charge < -0.3 is 20.5 Å². The summed E-state index contributed by atoms with van der Waals surface area (Å²) in [5.41, 5.74) is 3.11. The number of rotatable bonds is 11. The lowest BCUT2D eigenvalue weighted by atomic mass is 10.0. The molecule has 0 saturated carbocycles. The van der Waals surface area contributed by atoms with Gasteiger partial charge >= 0.3 is 5.97 Å². The number of methoxy groups -OCH3 is 1. The van der Waals surface area contributed by atoms with Crippen LogP contribution in [0.15, 0.2) is 97.2 Å². The molecule has 2 aromatic heterocycles. The van der Waals surface area contributed by atoms with Crippen molar-refractivity contribution in [3.8, 4) is 17.0 Å². The number of ether oxygens (including phenoxy) is 1. The predicted molar refractivity (Wildman–Crippen MR) is 157 cm³/mol. The van der Waals surface area contributed by atoms with Gasteiger partial charge in [0.05, 0.1) is 30.1 Å². The minimum Gasteiger partial charge on any atom is -0.497 e. The van der Waals surface area contributed by atoms with Crippen molar-refractivity contribution < 1.29 is 24.4 Å². The number of carboxylic acids is 1. The number of aromatic nitrogens is 2. The van der Waals surface area contributed by atoms with Crippen LogP contribution in [0, 0.1) is 10.1 Å². The molecular weight excluding hydrogens is 538 g/mol. The summed E-state index contributed by atoms with van der Waals surface area (Å²) in [4.78, 5) is 40.9. The summed E-state index contributed by atoms with van der Waals surface area (Å²) in [6, 6.07) is 25.1. The van der Waals surface area contributed by atoms with E-state index in [-0.39, 0.29) is 11.3 Å². The molecule has 0 spiro atoms. The first kappa shape index (κ1) is 27.8. The topological polar surface area (TPSA) is 148 Å². The van der Waals surface area contributed by atoms with Crippen molar-refractivity contribution in [2.24, 2.45) is 0 Å². The molecule has 11 nitrogen and oxygen atoms in total. The maximum atomic E-state index is 13.6. The monoisotopic (exact) mass is 565 g/mol. The second kappa shape index (κ2) is 12.2. The number of non-ortho nitro benzene ring substituents is 1. The predicted octanol–water partition coefficient (Wildman–Crippen LogP) is 5.48. The number of carboxylic acid groups (broad SMARTS) is 1. The lowest BCUT2D eigenvalue weighted by Crippen LogP contribution is -2.30. The quantitative estimate of drug-likeness (QED) is 0.141. The zero-order valence-corrected chi connectivity index (χ0v) is 22.6. The van der Waals surface area contributed by atoms with Crippen LogP contribution >= 0.6 is 0 Å². The van der Waals surface area contributed by atoms with Gasteiger partial charge in [0, 0.05) is 30.4 Å². The molecule has 1 amide bonds. The van der Waals surface area contributed by atoms with Gasteiger partial charge in [0.15, 0.2) is 5.65 Å². The molecule has 212 valence electrons. The van der Waals surface area contributed by atoms with Crippen molar-refractivity contribution in [3.63, 3.8) is 0 Å². The Hall–Kier alpha value is -5.71. The Balaban J connectivity index is 1.54. The summed E-state index contributed by atoms with van der Waals surface area (Å²) in [6.45, 7) is 0.502. The molecular formula is C31H27N5O6. The van der Waals surface area contributed by atoms with Gasteiger partial charge in [0.1, 0.15) is 17.3 Å². The third kappa shape index (κ3) is 6.04. The van der Waals surface area contributed by atoms with Crippen molar-refractivity contribution in [1.29, 1.82) is 0 Å². The van der Waals surface area contributed by atoms with E-state index in [0.29, 0.717) is 35.0 Å². The fourth-order valence-corrected chi connectivity index (χ4v) is 4.66. The van der Waals surface area contributed by atoms with Crippen LogP contribution in [-0.4, -0.2) is 38.4 Å². The van der Waals surface area contributed by atoms with E-state index >= 15 is 0 Å². The molecule has 3 aromatic carbocycles. The van der Waals surface area contributed by atoms with Crippen LogP contribution in [0.1, 0.15) is 33.9 Å². The zero-order valence-electron chi connectivity index (χ0n) is 22.6. The Labute approximate surface area is 240 Å². The second-order valence-corrected chi connectivity index (χ2v) is 9.47. The van der Waals surface area contributed by atoms with Gasteiger partial charge in [0.2, 0.25) is 0 Å². The van der Waals surface area contributed by atoms with Crippen molar-refractivity contribution in [2.75, 3.05) is 12.4 Å². The van der Waals surface area contributed by atoms with Crippen LogP contribution in [-0.2, 0) is 11.3 Å². The Kier molecular flexibility index (Phi) is 8.10. The standard InChI is InChI=1S/C31H27N5O6/c1-42-24-14-12-21(13-15-24)28-30(32-19-20-7-3-2-4-8-20)35-16-6-11-25(29(35)34-28)31(39)33-26(18-27(37)38)22-9-5-10-23(17-22)36(40)41/h2-17,26,32H,18-19H2,1H3,(H,33,39)(H,37,38). The highest BCUT2D eigenvalue weighted by Gasteiger charge is 2.24. The molecule has 0 aliphatic heterocycles. The van der Waals surface area contributed by atoms with Crippen LogP contribution in [0.3, 0.4) is 0 Å². The molecule has 11 heteroatoms. The number of hydrogen-bond acceptors (Lipinski definition) is 7. The first-order valence-electron chi connectivity index (χ1n) is 13.0. The van der Waals surface area contributed by atoms with Gasteiger partial charge in [-0.2, -0.15) is 0 Å². The number of anilines is 1. The number of carbonyl (C=O) groups is 2. The van der Waals surface area contributed by atoms with E-state index in [0.717, 1.165) is 11.1 Å². The lowest BCUT2D eigenvalue weighted by molar-refractivity contribution is -0.384. The number of amides is 1. The number of nitrogens with zero attached hydrogens (tertiary/aromatic N) is 3. The molecule has 5 aromatic rings. The van der Waals surface area contributed by atoms with Gasteiger partial charge in [-0.15, -0.1) is 0 Å². The van der Waals surface area contributed by atoms with E-state index in [9.17, 15) is 24.8 Å². The van der Waals surface area contributed by atoms with Crippen molar-refractivity contribution in [1.82, 2.24) is 14.7 Å². The molecule has 0 fully saturated rings.